The molecule has 35 heavy (non-hydrogen) atoms. The Hall–Kier alpha value is -2.63. The van der Waals surface area contributed by atoms with Crippen molar-refractivity contribution in [2.24, 2.45) is 4.99 Å². The number of hydrogen-bond acceptors (Lipinski definition) is 4. The number of nitrogens with one attached hydrogen (secondary N) is 1. The van der Waals surface area contributed by atoms with Gasteiger partial charge in [0.2, 0.25) is 0 Å². The smallest absolute Gasteiger partial charge is 0.259 e. The SMILES string of the molecule is Cc1ccc(C)c(NC(=O)c2c(N=Cc3cc(Cl)ccc3OC(C)C)sc3c2CCCCCC3)c1. The summed E-state index contributed by atoms with van der Waals surface area (Å²) in [5.74, 6) is 0.637. The third-order valence-corrected chi connectivity index (χ3v) is 7.61. The molecule has 1 aromatic heterocycles. The highest BCUT2D eigenvalue weighted by molar-refractivity contribution is 7.16. The van der Waals surface area contributed by atoms with Crippen LogP contribution in [0.25, 0.3) is 0 Å². The van der Waals surface area contributed by atoms with E-state index in [0.717, 1.165) is 64.4 Å². The Labute approximate surface area is 217 Å². The Morgan fingerprint density at radius 3 is 2.63 bits per heavy atom. The van der Waals surface area contributed by atoms with Crippen LogP contribution in [0.2, 0.25) is 5.02 Å². The molecule has 0 radical (unpaired) electrons. The number of aliphatic imine (C=N–C) groups is 1. The first-order chi connectivity index (χ1) is 16.8. The summed E-state index contributed by atoms with van der Waals surface area (Å²) in [6.07, 6.45) is 8.39. The van der Waals surface area contributed by atoms with Gasteiger partial charge in [-0.1, -0.05) is 36.6 Å². The van der Waals surface area contributed by atoms with Gasteiger partial charge in [-0.05, 0) is 94.3 Å². The number of nitrogens with zero attached hydrogens (tertiary/aromatic N) is 1. The summed E-state index contributed by atoms with van der Waals surface area (Å²) >= 11 is 7.92. The zero-order valence-corrected chi connectivity index (χ0v) is 22.5. The molecule has 4 rings (SSSR count). The van der Waals surface area contributed by atoms with Crippen molar-refractivity contribution in [2.75, 3.05) is 5.32 Å². The number of halogens is 1. The third-order valence-electron chi connectivity index (χ3n) is 6.18. The van der Waals surface area contributed by atoms with Crippen LogP contribution >= 0.6 is 22.9 Å². The zero-order chi connectivity index (χ0) is 24.9. The summed E-state index contributed by atoms with van der Waals surface area (Å²) in [5.41, 5.74) is 5.67. The molecule has 184 valence electrons. The second-order valence-corrected chi connectivity index (χ2v) is 11.0. The van der Waals surface area contributed by atoms with E-state index in [1.165, 1.54) is 17.7 Å². The maximum absolute atomic E-state index is 13.7. The number of hydrogen-bond donors (Lipinski definition) is 1. The van der Waals surface area contributed by atoms with Crippen molar-refractivity contribution in [3.63, 3.8) is 0 Å². The minimum absolute atomic E-state index is 0.0313. The summed E-state index contributed by atoms with van der Waals surface area (Å²) in [6.45, 7) is 8.03. The van der Waals surface area contributed by atoms with Crippen molar-refractivity contribution >= 4 is 45.7 Å². The molecule has 0 unspecified atom stereocenters. The van der Waals surface area contributed by atoms with Crippen molar-refractivity contribution in [1.82, 2.24) is 0 Å². The van der Waals surface area contributed by atoms with E-state index in [1.807, 2.05) is 58.0 Å². The molecular formula is C29H33ClN2O2S. The van der Waals surface area contributed by atoms with Crippen LogP contribution in [-0.2, 0) is 12.8 Å². The third kappa shape index (κ3) is 6.33. The summed E-state index contributed by atoms with van der Waals surface area (Å²) in [6, 6.07) is 11.7. The van der Waals surface area contributed by atoms with Gasteiger partial charge in [-0.2, -0.15) is 0 Å². The van der Waals surface area contributed by atoms with E-state index < -0.39 is 0 Å². The normalized spacial score (nSPS) is 14.0. The molecule has 1 aliphatic carbocycles. The van der Waals surface area contributed by atoms with Gasteiger partial charge in [-0.3, -0.25) is 4.79 Å². The zero-order valence-electron chi connectivity index (χ0n) is 20.9. The molecule has 3 aromatic rings. The molecule has 4 nitrogen and oxygen atoms in total. The number of anilines is 1. The van der Waals surface area contributed by atoms with Gasteiger partial charge in [-0.25, -0.2) is 4.99 Å². The number of benzene rings is 2. The highest BCUT2D eigenvalue weighted by atomic mass is 35.5. The van der Waals surface area contributed by atoms with Crippen LogP contribution < -0.4 is 10.1 Å². The first-order valence-corrected chi connectivity index (χ1v) is 13.5. The van der Waals surface area contributed by atoms with E-state index in [0.29, 0.717) is 10.6 Å². The molecule has 0 saturated carbocycles. The number of fused-ring (bicyclic) bond motifs is 1. The van der Waals surface area contributed by atoms with Crippen molar-refractivity contribution in [3.8, 4) is 5.75 Å². The van der Waals surface area contributed by atoms with E-state index in [9.17, 15) is 4.79 Å². The molecule has 0 aliphatic heterocycles. The van der Waals surface area contributed by atoms with Gasteiger partial charge in [0.05, 0.1) is 11.7 Å². The van der Waals surface area contributed by atoms with Gasteiger partial charge in [-0.15, -0.1) is 11.3 Å². The number of carbonyl (C=O) groups excluding carboxylic acids is 1. The van der Waals surface area contributed by atoms with Crippen LogP contribution in [0.15, 0.2) is 41.4 Å². The Bertz CT molecular complexity index is 1250. The predicted molar refractivity (Wildman–Crippen MR) is 149 cm³/mol. The molecule has 1 aliphatic rings. The summed E-state index contributed by atoms with van der Waals surface area (Å²) in [5, 5.41) is 4.54. The summed E-state index contributed by atoms with van der Waals surface area (Å²) in [4.78, 5) is 19.8. The quantitative estimate of drug-likeness (QED) is 0.339. The number of thiophene rings is 1. The van der Waals surface area contributed by atoms with E-state index >= 15 is 0 Å². The van der Waals surface area contributed by atoms with Gasteiger partial charge < -0.3 is 10.1 Å². The number of amides is 1. The van der Waals surface area contributed by atoms with Crippen molar-refractivity contribution < 1.29 is 9.53 Å². The molecule has 0 bridgehead atoms. The Balaban J connectivity index is 1.74. The molecule has 0 saturated heterocycles. The first kappa shape index (κ1) is 25.5. The largest absolute Gasteiger partial charge is 0.490 e. The fraction of sp³-hybridized carbons (Fsp3) is 0.379. The molecule has 1 amide bonds. The minimum atomic E-state index is -0.0892. The fourth-order valence-corrected chi connectivity index (χ4v) is 5.81. The van der Waals surface area contributed by atoms with Crippen LogP contribution in [0.3, 0.4) is 0 Å². The van der Waals surface area contributed by atoms with Crippen LogP contribution in [-0.4, -0.2) is 18.2 Å². The second kappa shape index (κ2) is 11.4. The monoisotopic (exact) mass is 508 g/mol. The lowest BCUT2D eigenvalue weighted by Gasteiger charge is -2.13. The van der Waals surface area contributed by atoms with E-state index in [1.54, 1.807) is 17.6 Å². The van der Waals surface area contributed by atoms with E-state index in [-0.39, 0.29) is 12.0 Å². The topological polar surface area (TPSA) is 50.7 Å². The maximum Gasteiger partial charge on any atom is 0.259 e. The van der Waals surface area contributed by atoms with Crippen LogP contribution in [0.4, 0.5) is 10.7 Å². The van der Waals surface area contributed by atoms with E-state index in [2.05, 4.69) is 11.4 Å². The Morgan fingerprint density at radius 2 is 1.86 bits per heavy atom. The molecule has 0 fully saturated rings. The highest BCUT2D eigenvalue weighted by Gasteiger charge is 2.24. The number of carbonyl (C=O) groups is 1. The summed E-state index contributed by atoms with van der Waals surface area (Å²) < 4.78 is 5.96. The van der Waals surface area contributed by atoms with Gasteiger partial charge >= 0.3 is 0 Å². The molecule has 2 aromatic carbocycles. The molecule has 6 heteroatoms. The first-order valence-electron chi connectivity index (χ1n) is 12.3. The predicted octanol–water partition coefficient (Wildman–Crippen LogP) is 8.47. The summed E-state index contributed by atoms with van der Waals surface area (Å²) in [7, 11) is 0. The molecule has 1 N–H and O–H groups in total. The number of aryl methyl sites for hydroxylation is 3. The molecule has 1 heterocycles. The lowest BCUT2D eigenvalue weighted by molar-refractivity contribution is 0.102. The molecular weight excluding hydrogens is 476 g/mol. The number of ether oxygens (including phenoxy) is 1. The van der Waals surface area contributed by atoms with Crippen LogP contribution in [0.5, 0.6) is 5.75 Å². The minimum Gasteiger partial charge on any atom is -0.490 e. The lowest BCUT2D eigenvalue weighted by Crippen LogP contribution is -2.15. The average Bonchev–Trinajstić information content (AvgIpc) is 3.12. The van der Waals surface area contributed by atoms with Crippen LogP contribution in [0, 0.1) is 13.8 Å². The van der Waals surface area contributed by atoms with Gasteiger partial charge in [0.15, 0.2) is 0 Å². The average molecular weight is 509 g/mol. The standard InChI is InChI=1S/C29H33ClN2O2S/c1-18(2)34-25-14-13-22(30)16-21(25)17-31-29-27(23-9-7-5-6-8-10-26(23)35-29)28(33)32-24-15-19(3)11-12-20(24)4/h11-18H,5-10H2,1-4H3,(H,32,33). The highest BCUT2D eigenvalue weighted by Crippen LogP contribution is 2.40. The maximum atomic E-state index is 13.7. The van der Waals surface area contributed by atoms with Gasteiger partial charge in [0, 0.05) is 27.4 Å². The van der Waals surface area contributed by atoms with Crippen LogP contribution in [0.1, 0.15) is 77.0 Å². The Morgan fingerprint density at radius 1 is 1.09 bits per heavy atom. The Kier molecular flexibility index (Phi) is 8.30. The van der Waals surface area contributed by atoms with Crippen molar-refractivity contribution in [3.05, 3.63) is 74.1 Å². The van der Waals surface area contributed by atoms with Gasteiger partial charge in [0.25, 0.3) is 5.91 Å². The molecule has 0 spiro atoms. The van der Waals surface area contributed by atoms with Gasteiger partial charge in [0.1, 0.15) is 10.8 Å². The molecule has 0 atom stereocenters. The van der Waals surface area contributed by atoms with E-state index in [4.69, 9.17) is 21.3 Å². The fourth-order valence-electron chi connectivity index (χ4n) is 4.40. The number of rotatable bonds is 6. The van der Waals surface area contributed by atoms with Crippen molar-refractivity contribution in [1.29, 1.82) is 0 Å². The second-order valence-electron chi connectivity index (χ2n) is 9.48. The lowest BCUT2D eigenvalue weighted by atomic mass is 9.96. The van der Waals surface area contributed by atoms with Crippen molar-refractivity contribution in [2.45, 2.75) is 72.3 Å².